The first-order valence-corrected chi connectivity index (χ1v) is 5.91. The standard InChI is InChI=1S/C13H12ClN3O/c14-12-3-1-10(2-4-12)5-6-17-13(18)11-7-15-9-16-8-11/h1-4,7-9H,5-6H2,(H,17,18). The molecule has 2 aromatic rings. The highest BCUT2D eigenvalue weighted by atomic mass is 35.5. The highest BCUT2D eigenvalue weighted by molar-refractivity contribution is 6.30. The Morgan fingerprint density at radius 1 is 1.17 bits per heavy atom. The first-order chi connectivity index (χ1) is 8.75. The van der Waals surface area contributed by atoms with Crippen LogP contribution in [0.25, 0.3) is 0 Å². The van der Waals surface area contributed by atoms with Crippen molar-refractivity contribution in [3.8, 4) is 0 Å². The summed E-state index contributed by atoms with van der Waals surface area (Å²) in [5, 5.41) is 3.52. The monoisotopic (exact) mass is 261 g/mol. The fourth-order valence-corrected chi connectivity index (χ4v) is 1.62. The van der Waals surface area contributed by atoms with Gasteiger partial charge in [-0.1, -0.05) is 23.7 Å². The van der Waals surface area contributed by atoms with Gasteiger partial charge < -0.3 is 5.32 Å². The predicted octanol–water partition coefficient (Wildman–Crippen LogP) is 2.10. The molecule has 92 valence electrons. The predicted molar refractivity (Wildman–Crippen MR) is 69.5 cm³/mol. The molecular formula is C13H12ClN3O. The van der Waals surface area contributed by atoms with Crippen molar-refractivity contribution in [2.75, 3.05) is 6.54 Å². The molecule has 0 unspecified atom stereocenters. The van der Waals surface area contributed by atoms with E-state index >= 15 is 0 Å². The maximum atomic E-state index is 11.7. The number of amides is 1. The average Bonchev–Trinajstić information content (AvgIpc) is 2.42. The number of benzene rings is 1. The molecule has 0 bridgehead atoms. The lowest BCUT2D eigenvalue weighted by Gasteiger charge is -2.04. The van der Waals surface area contributed by atoms with Crippen LogP contribution < -0.4 is 5.32 Å². The molecule has 1 aromatic carbocycles. The maximum absolute atomic E-state index is 11.7. The average molecular weight is 262 g/mol. The minimum absolute atomic E-state index is 0.162. The highest BCUT2D eigenvalue weighted by Crippen LogP contribution is 2.09. The number of aromatic nitrogens is 2. The van der Waals surface area contributed by atoms with Gasteiger partial charge in [-0.2, -0.15) is 0 Å². The van der Waals surface area contributed by atoms with Crippen molar-refractivity contribution in [3.05, 3.63) is 59.1 Å². The van der Waals surface area contributed by atoms with E-state index < -0.39 is 0 Å². The fourth-order valence-electron chi connectivity index (χ4n) is 1.49. The van der Waals surface area contributed by atoms with Crippen molar-refractivity contribution in [1.82, 2.24) is 15.3 Å². The Hall–Kier alpha value is -1.94. The van der Waals surface area contributed by atoms with E-state index in [9.17, 15) is 4.79 Å². The Balaban J connectivity index is 1.82. The van der Waals surface area contributed by atoms with E-state index in [1.165, 1.54) is 18.7 Å². The molecule has 0 aliphatic rings. The van der Waals surface area contributed by atoms with Crippen molar-refractivity contribution in [2.24, 2.45) is 0 Å². The highest BCUT2D eigenvalue weighted by Gasteiger charge is 2.04. The number of nitrogens with zero attached hydrogens (tertiary/aromatic N) is 2. The molecular weight excluding hydrogens is 250 g/mol. The fraction of sp³-hybridized carbons (Fsp3) is 0.154. The van der Waals surface area contributed by atoms with Gasteiger partial charge in [0.05, 0.1) is 5.56 Å². The van der Waals surface area contributed by atoms with Crippen LogP contribution in [0.15, 0.2) is 43.0 Å². The van der Waals surface area contributed by atoms with Gasteiger partial charge in [0, 0.05) is 24.0 Å². The van der Waals surface area contributed by atoms with Crippen molar-refractivity contribution in [2.45, 2.75) is 6.42 Å². The Morgan fingerprint density at radius 3 is 2.50 bits per heavy atom. The van der Waals surface area contributed by atoms with Crippen LogP contribution in [-0.4, -0.2) is 22.4 Å². The number of hydrogen-bond acceptors (Lipinski definition) is 3. The van der Waals surface area contributed by atoms with Gasteiger partial charge in [-0.15, -0.1) is 0 Å². The van der Waals surface area contributed by atoms with Crippen LogP contribution in [0.2, 0.25) is 5.02 Å². The quantitative estimate of drug-likeness (QED) is 0.917. The molecule has 2 rings (SSSR count). The van der Waals surface area contributed by atoms with Gasteiger partial charge in [0.15, 0.2) is 0 Å². The lowest BCUT2D eigenvalue weighted by atomic mass is 10.1. The third-order valence-corrected chi connectivity index (χ3v) is 2.69. The molecule has 0 radical (unpaired) electrons. The van der Waals surface area contributed by atoms with Crippen molar-refractivity contribution in [3.63, 3.8) is 0 Å². The molecule has 0 spiro atoms. The van der Waals surface area contributed by atoms with Crippen LogP contribution in [0.1, 0.15) is 15.9 Å². The summed E-state index contributed by atoms with van der Waals surface area (Å²) < 4.78 is 0. The Labute approximate surface area is 110 Å². The number of rotatable bonds is 4. The minimum Gasteiger partial charge on any atom is -0.352 e. The van der Waals surface area contributed by atoms with Gasteiger partial charge >= 0.3 is 0 Å². The molecule has 0 atom stereocenters. The largest absolute Gasteiger partial charge is 0.352 e. The maximum Gasteiger partial charge on any atom is 0.254 e. The molecule has 0 saturated heterocycles. The zero-order chi connectivity index (χ0) is 12.8. The molecule has 18 heavy (non-hydrogen) atoms. The van der Waals surface area contributed by atoms with Crippen LogP contribution in [0, 0.1) is 0 Å². The van der Waals surface area contributed by atoms with Gasteiger partial charge in [-0.05, 0) is 24.1 Å². The number of nitrogens with one attached hydrogen (secondary N) is 1. The van der Waals surface area contributed by atoms with E-state index in [1.807, 2.05) is 24.3 Å². The molecule has 0 fully saturated rings. The summed E-state index contributed by atoms with van der Waals surface area (Å²) in [7, 11) is 0. The first-order valence-electron chi connectivity index (χ1n) is 5.53. The lowest BCUT2D eigenvalue weighted by Crippen LogP contribution is -2.25. The summed E-state index contributed by atoms with van der Waals surface area (Å²) >= 11 is 5.79. The normalized spacial score (nSPS) is 10.1. The zero-order valence-corrected chi connectivity index (χ0v) is 10.4. The Bertz CT molecular complexity index is 514. The van der Waals surface area contributed by atoms with Gasteiger partial charge in [-0.3, -0.25) is 4.79 Å². The molecule has 1 N–H and O–H groups in total. The number of halogens is 1. The summed E-state index contributed by atoms with van der Waals surface area (Å²) in [6.07, 6.45) is 5.14. The van der Waals surface area contributed by atoms with Gasteiger partial charge in [0.2, 0.25) is 0 Å². The molecule has 1 aromatic heterocycles. The summed E-state index contributed by atoms with van der Waals surface area (Å²) in [5.74, 6) is -0.162. The van der Waals surface area contributed by atoms with Crippen LogP contribution in [0.4, 0.5) is 0 Å². The SMILES string of the molecule is O=C(NCCc1ccc(Cl)cc1)c1cncnc1. The number of hydrogen-bond donors (Lipinski definition) is 1. The smallest absolute Gasteiger partial charge is 0.254 e. The summed E-state index contributed by atoms with van der Waals surface area (Å²) in [6.45, 7) is 0.565. The van der Waals surface area contributed by atoms with Crippen LogP contribution >= 0.6 is 11.6 Å². The summed E-state index contributed by atoms with van der Waals surface area (Å²) in [5.41, 5.74) is 1.60. The van der Waals surface area contributed by atoms with E-state index in [0.29, 0.717) is 17.1 Å². The second-order valence-corrected chi connectivity index (χ2v) is 4.20. The lowest BCUT2D eigenvalue weighted by molar-refractivity contribution is 0.0953. The third-order valence-electron chi connectivity index (χ3n) is 2.44. The molecule has 0 aliphatic carbocycles. The van der Waals surface area contributed by atoms with E-state index in [1.54, 1.807) is 0 Å². The van der Waals surface area contributed by atoms with Gasteiger partial charge in [0.25, 0.3) is 5.91 Å². The third kappa shape index (κ3) is 3.53. The minimum atomic E-state index is -0.162. The molecule has 0 saturated carbocycles. The van der Waals surface area contributed by atoms with Crippen molar-refractivity contribution < 1.29 is 4.79 Å². The van der Waals surface area contributed by atoms with Crippen molar-refractivity contribution >= 4 is 17.5 Å². The van der Waals surface area contributed by atoms with Crippen LogP contribution in [-0.2, 0) is 6.42 Å². The van der Waals surface area contributed by atoms with Crippen molar-refractivity contribution in [1.29, 1.82) is 0 Å². The summed E-state index contributed by atoms with van der Waals surface area (Å²) in [6, 6.07) is 7.56. The Kier molecular flexibility index (Phi) is 4.25. The van der Waals surface area contributed by atoms with E-state index in [2.05, 4.69) is 15.3 Å². The second-order valence-electron chi connectivity index (χ2n) is 3.76. The van der Waals surface area contributed by atoms with E-state index in [4.69, 9.17) is 11.6 Å². The molecule has 1 amide bonds. The first kappa shape index (κ1) is 12.5. The molecule has 1 heterocycles. The molecule has 4 nitrogen and oxygen atoms in total. The topological polar surface area (TPSA) is 54.9 Å². The van der Waals surface area contributed by atoms with Gasteiger partial charge in [-0.25, -0.2) is 9.97 Å². The van der Waals surface area contributed by atoms with E-state index in [-0.39, 0.29) is 5.91 Å². The molecule has 5 heteroatoms. The number of carbonyl (C=O) groups is 1. The zero-order valence-electron chi connectivity index (χ0n) is 9.64. The summed E-state index contributed by atoms with van der Waals surface area (Å²) in [4.78, 5) is 19.3. The van der Waals surface area contributed by atoms with Crippen LogP contribution in [0.3, 0.4) is 0 Å². The second kappa shape index (κ2) is 6.12. The van der Waals surface area contributed by atoms with E-state index in [0.717, 1.165) is 12.0 Å². The van der Waals surface area contributed by atoms with Gasteiger partial charge in [0.1, 0.15) is 6.33 Å². The van der Waals surface area contributed by atoms with Crippen LogP contribution in [0.5, 0.6) is 0 Å². The number of carbonyl (C=O) groups excluding carboxylic acids is 1. The Morgan fingerprint density at radius 2 is 1.83 bits per heavy atom. The molecule has 0 aliphatic heterocycles.